The number of sulfonamides is 1. The SMILES string of the molecule is Cc1cc(S(=O)(=O)Nc2cc(Cl)cnc2C(=O)c2cccc(C)c2Cl)ccc1Cl. The van der Waals surface area contributed by atoms with Crippen LogP contribution in [0.15, 0.2) is 53.6 Å². The zero-order valence-corrected chi connectivity index (χ0v) is 18.4. The number of halogens is 3. The van der Waals surface area contributed by atoms with Gasteiger partial charge in [0.15, 0.2) is 0 Å². The molecule has 2 aromatic carbocycles. The fraction of sp³-hybridized carbons (Fsp3) is 0.100. The van der Waals surface area contributed by atoms with Crippen molar-refractivity contribution < 1.29 is 13.2 Å². The van der Waals surface area contributed by atoms with Gasteiger partial charge >= 0.3 is 0 Å². The minimum Gasteiger partial charge on any atom is -0.287 e. The molecule has 1 aromatic heterocycles. The van der Waals surface area contributed by atoms with Crippen molar-refractivity contribution in [3.63, 3.8) is 0 Å². The van der Waals surface area contributed by atoms with E-state index in [2.05, 4.69) is 9.71 Å². The average Bonchev–Trinajstić information content (AvgIpc) is 2.65. The fourth-order valence-corrected chi connectivity index (χ4v) is 4.27. The first-order valence-electron chi connectivity index (χ1n) is 8.34. The van der Waals surface area contributed by atoms with Gasteiger partial charge in [-0.1, -0.05) is 46.9 Å². The lowest BCUT2D eigenvalue weighted by molar-refractivity contribution is 0.103. The predicted molar refractivity (Wildman–Crippen MR) is 116 cm³/mol. The van der Waals surface area contributed by atoms with Crippen molar-refractivity contribution in [2.45, 2.75) is 18.7 Å². The quantitative estimate of drug-likeness (QED) is 0.487. The van der Waals surface area contributed by atoms with E-state index in [0.717, 1.165) is 0 Å². The van der Waals surface area contributed by atoms with Crippen LogP contribution in [0.4, 0.5) is 5.69 Å². The molecule has 0 aliphatic carbocycles. The summed E-state index contributed by atoms with van der Waals surface area (Å²) in [7, 11) is -4.02. The molecule has 0 aliphatic rings. The summed E-state index contributed by atoms with van der Waals surface area (Å²) < 4.78 is 28.1. The number of nitrogens with zero attached hydrogens (tertiary/aromatic N) is 1. The van der Waals surface area contributed by atoms with Crippen molar-refractivity contribution >= 4 is 56.3 Å². The monoisotopic (exact) mass is 468 g/mol. The molecule has 0 radical (unpaired) electrons. The van der Waals surface area contributed by atoms with Gasteiger partial charge in [0.2, 0.25) is 5.78 Å². The number of pyridine rings is 1. The Balaban J connectivity index is 2.06. The number of benzene rings is 2. The van der Waals surface area contributed by atoms with Crippen molar-refractivity contribution in [2.75, 3.05) is 4.72 Å². The topological polar surface area (TPSA) is 76.1 Å². The maximum atomic E-state index is 13.0. The normalized spacial score (nSPS) is 11.3. The van der Waals surface area contributed by atoms with E-state index in [1.54, 1.807) is 32.0 Å². The van der Waals surface area contributed by atoms with Crippen LogP contribution < -0.4 is 4.72 Å². The van der Waals surface area contributed by atoms with Gasteiger partial charge in [-0.25, -0.2) is 13.4 Å². The van der Waals surface area contributed by atoms with Crippen LogP contribution in [0.25, 0.3) is 0 Å². The molecule has 0 unspecified atom stereocenters. The van der Waals surface area contributed by atoms with Crippen LogP contribution in [0, 0.1) is 13.8 Å². The van der Waals surface area contributed by atoms with Crippen LogP contribution in [-0.2, 0) is 10.0 Å². The van der Waals surface area contributed by atoms with E-state index < -0.39 is 15.8 Å². The molecule has 0 saturated heterocycles. The molecule has 9 heteroatoms. The third kappa shape index (κ3) is 4.56. The molecule has 0 spiro atoms. The van der Waals surface area contributed by atoms with Crippen molar-refractivity contribution in [2.24, 2.45) is 0 Å². The highest BCUT2D eigenvalue weighted by Gasteiger charge is 2.23. The Morgan fingerprint density at radius 1 is 1.00 bits per heavy atom. The van der Waals surface area contributed by atoms with Crippen molar-refractivity contribution in [1.29, 1.82) is 0 Å². The summed E-state index contributed by atoms with van der Waals surface area (Å²) in [6.07, 6.45) is 1.27. The first-order chi connectivity index (χ1) is 13.6. The molecule has 3 aromatic rings. The van der Waals surface area contributed by atoms with E-state index in [-0.39, 0.29) is 31.9 Å². The highest BCUT2D eigenvalue weighted by atomic mass is 35.5. The summed E-state index contributed by atoms with van der Waals surface area (Å²) in [6.45, 7) is 3.46. The molecule has 0 fully saturated rings. The predicted octanol–water partition coefficient (Wildman–Crippen LogP) is 5.69. The second-order valence-electron chi connectivity index (χ2n) is 6.33. The molecule has 1 N–H and O–H groups in total. The second kappa shape index (κ2) is 8.32. The lowest BCUT2D eigenvalue weighted by Gasteiger charge is -2.13. The van der Waals surface area contributed by atoms with E-state index in [1.807, 2.05) is 0 Å². The Morgan fingerprint density at radius 3 is 2.41 bits per heavy atom. The third-order valence-electron chi connectivity index (χ3n) is 4.19. The van der Waals surface area contributed by atoms with Crippen LogP contribution in [0.1, 0.15) is 27.2 Å². The first-order valence-corrected chi connectivity index (χ1v) is 11.0. The van der Waals surface area contributed by atoms with E-state index in [1.165, 1.54) is 30.5 Å². The number of ketones is 1. The number of carbonyl (C=O) groups excluding carboxylic acids is 1. The Labute approximate surface area is 183 Å². The number of hydrogen-bond acceptors (Lipinski definition) is 4. The number of carbonyl (C=O) groups is 1. The van der Waals surface area contributed by atoms with Gasteiger partial charge in [0.25, 0.3) is 10.0 Å². The van der Waals surface area contributed by atoms with E-state index in [0.29, 0.717) is 16.1 Å². The molecule has 0 saturated carbocycles. The molecular weight excluding hydrogens is 455 g/mol. The third-order valence-corrected chi connectivity index (χ3v) is 6.69. The number of hydrogen-bond donors (Lipinski definition) is 1. The number of nitrogens with one attached hydrogen (secondary N) is 1. The molecule has 29 heavy (non-hydrogen) atoms. The molecule has 0 aliphatic heterocycles. The lowest BCUT2D eigenvalue weighted by Crippen LogP contribution is -2.17. The van der Waals surface area contributed by atoms with Crippen LogP contribution >= 0.6 is 34.8 Å². The highest BCUT2D eigenvalue weighted by Crippen LogP contribution is 2.28. The average molecular weight is 470 g/mol. The Hall–Kier alpha value is -2.12. The standard InChI is InChI=1S/C20H15Cl3N2O3S/c1-11-4-3-5-15(18(11)23)20(26)19-17(9-13(21)10-24-19)25-29(27,28)14-6-7-16(22)12(2)8-14/h3-10,25H,1-2H3. The summed E-state index contributed by atoms with van der Waals surface area (Å²) in [6, 6.07) is 10.6. The summed E-state index contributed by atoms with van der Waals surface area (Å²) in [4.78, 5) is 17.1. The van der Waals surface area contributed by atoms with Gasteiger partial charge in [-0.15, -0.1) is 0 Å². The Kier molecular flexibility index (Phi) is 6.19. The minimum absolute atomic E-state index is 0.00800. The Bertz CT molecular complexity index is 1230. The van der Waals surface area contributed by atoms with Gasteiger partial charge in [-0.3, -0.25) is 9.52 Å². The van der Waals surface area contributed by atoms with Crippen molar-refractivity contribution in [1.82, 2.24) is 4.98 Å². The zero-order chi connectivity index (χ0) is 21.3. The molecule has 0 bridgehead atoms. The Morgan fingerprint density at radius 2 is 1.72 bits per heavy atom. The molecular formula is C20H15Cl3N2O3S. The van der Waals surface area contributed by atoms with E-state index in [4.69, 9.17) is 34.8 Å². The summed E-state index contributed by atoms with van der Waals surface area (Å²) in [5, 5.41) is 0.886. The van der Waals surface area contributed by atoms with Gasteiger partial charge in [0, 0.05) is 16.8 Å². The molecule has 0 atom stereocenters. The van der Waals surface area contributed by atoms with Crippen LogP contribution in [0.2, 0.25) is 15.1 Å². The minimum atomic E-state index is -4.02. The summed E-state index contributed by atoms with van der Waals surface area (Å²) in [5.74, 6) is -0.527. The van der Waals surface area contributed by atoms with Crippen molar-refractivity contribution in [3.8, 4) is 0 Å². The van der Waals surface area contributed by atoms with Gasteiger partial charge in [0.05, 0.1) is 20.6 Å². The van der Waals surface area contributed by atoms with Gasteiger partial charge in [0.1, 0.15) is 5.69 Å². The number of rotatable bonds is 5. The highest BCUT2D eigenvalue weighted by molar-refractivity contribution is 7.92. The van der Waals surface area contributed by atoms with Crippen LogP contribution in [0.3, 0.4) is 0 Å². The summed E-state index contributed by atoms with van der Waals surface area (Å²) >= 11 is 18.2. The van der Waals surface area contributed by atoms with Gasteiger partial charge < -0.3 is 0 Å². The maximum absolute atomic E-state index is 13.0. The van der Waals surface area contributed by atoms with E-state index >= 15 is 0 Å². The zero-order valence-electron chi connectivity index (χ0n) is 15.3. The molecule has 0 amide bonds. The van der Waals surface area contributed by atoms with Gasteiger partial charge in [-0.05, 0) is 55.3 Å². The number of aryl methyl sites for hydroxylation is 2. The summed E-state index contributed by atoms with van der Waals surface area (Å²) in [5.41, 5.74) is 1.36. The lowest BCUT2D eigenvalue weighted by atomic mass is 10.0. The van der Waals surface area contributed by atoms with Gasteiger partial charge in [-0.2, -0.15) is 0 Å². The number of anilines is 1. The molecule has 5 nitrogen and oxygen atoms in total. The molecule has 1 heterocycles. The van der Waals surface area contributed by atoms with Crippen LogP contribution in [-0.4, -0.2) is 19.2 Å². The largest absolute Gasteiger partial charge is 0.287 e. The number of aromatic nitrogens is 1. The first kappa shape index (κ1) is 21.6. The maximum Gasteiger partial charge on any atom is 0.261 e. The second-order valence-corrected chi connectivity index (χ2v) is 9.24. The fourth-order valence-electron chi connectivity index (χ4n) is 2.64. The van der Waals surface area contributed by atoms with E-state index in [9.17, 15) is 13.2 Å². The van der Waals surface area contributed by atoms with Crippen molar-refractivity contribution in [3.05, 3.63) is 86.1 Å². The smallest absolute Gasteiger partial charge is 0.261 e. The molecule has 3 rings (SSSR count). The van der Waals surface area contributed by atoms with Crippen LogP contribution in [0.5, 0.6) is 0 Å². The molecule has 150 valence electrons.